The zero-order valence-corrected chi connectivity index (χ0v) is 15.3. The summed E-state index contributed by atoms with van der Waals surface area (Å²) in [5.74, 6) is 2.43. The van der Waals surface area contributed by atoms with Crippen molar-refractivity contribution in [3.05, 3.63) is 53.4 Å². The number of oxazole rings is 1. The molecule has 27 heavy (non-hydrogen) atoms. The first-order chi connectivity index (χ1) is 13.2. The number of hydrogen-bond acceptors (Lipinski definition) is 7. The first kappa shape index (κ1) is 18.5. The van der Waals surface area contributed by atoms with Gasteiger partial charge >= 0.3 is 0 Å². The maximum Gasteiger partial charge on any atom is 0.266 e. The molecule has 0 saturated heterocycles. The van der Waals surface area contributed by atoms with Crippen molar-refractivity contribution in [1.29, 1.82) is 5.26 Å². The van der Waals surface area contributed by atoms with Crippen molar-refractivity contribution in [1.82, 2.24) is 4.98 Å². The number of furan rings is 1. The van der Waals surface area contributed by atoms with Gasteiger partial charge in [-0.05, 0) is 37.6 Å². The van der Waals surface area contributed by atoms with Crippen molar-refractivity contribution >= 4 is 5.88 Å². The predicted molar refractivity (Wildman–Crippen MR) is 99.4 cm³/mol. The lowest BCUT2D eigenvalue weighted by Gasteiger charge is -2.04. The van der Waals surface area contributed by atoms with Gasteiger partial charge in [0, 0.05) is 20.3 Å². The van der Waals surface area contributed by atoms with Crippen molar-refractivity contribution < 1.29 is 18.3 Å². The Morgan fingerprint density at radius 1 is 1.15 bits per heavy atom. The number of rotatable bonds is 9. The van der Waals surface area contributed by atoms with Crippen LogP contribution in [-0.2, 0) is 11.3 Å². The van der Waals surface area contributed by atoms with Gasteiger partial charge in [0.2, 0.25) is 11.6 Å². The molecule has 0 aliphatic carbocycles. The van der Waals surface area contributed by atoms with Crippen molar-refractivity contribution in [3.63, 3.8) is 0 Å². The van der Waals surface area contributed by atoms with Gasteiger partial charge in [0.05, 0.1) is 0 Å². The topological polar surface area (TPSA) is 93.4 Å². The van der Waals surface area contributed by atoms with Crippen LogP contribution in [0.15, 0.2) is 45.2 Å². The summed E-state index contributed by atoms with van der Waals surface area (Å²) >= 11 is 0. The summed E-state index contributed by atoms with van der Waals surface area (Å²) in [6, 6.07) is 13.4. The first-order valence-electron chi connectivity index (χ1n) is 8.62. The number of methoxy groups -OCH3 is 1. The smallest absolute Gasteiger partial charge is 0.266 e. The summed E-state index contributed by atoms with van der Waals surface area (Å²) in [6.45, 7) is 3.55. The number of aromatic nitrogens is 1. The van der Waals surface area contributed by atoms with Crippen LogP contribution in [0.25, 0.3) is 11.7 Å². The fourth-order valence-corrected chi connectivity index (χ4v) is 2.40. The van der Waals surface area contributed by atoms with Gasteiger partial charge in [-0.25, -0.2) is 0 Å². The third kappa shape index (κ3) is 4.90. The molecule has 1 N–H and O–H groups in total. The molecule has 0 bridgehead atoms. The summed E-state index contributed by atoms with van der Waals surface area (Å²) in [5.41, 5.74) is 1.36. The molecular formula is C20H21N3O4. The van der Waals surface area contributed by atoms with E-state index in [0.29, 0.717) is 30.6 Å². The molecule has 7 heteroatoms. The highest BCUT2D eigenvalue weighted by Crippen LogP contribution is 2.27. The Morgan fingerprint density at radius 2 is 1.96 bits per heavy atom. The van der Waals surface area contributed by atoms with Gasteiger partial charge < -0.3 is 23.6 Å². The predicted octanol–water partition coefficient (Wildman–Crippen LogP) is 4.14. The second-order valence-corrected chi connectivity index (χ2v) is 5.95. The van der Waals surface area contributed by atoms with Gasteiger partial charge in [-0.2, -0.15) is 10.2 Å². The molecule has 0 spiro atoms. The van der Waals surface area contributed by atoms with Gasteiger partial charge in [0.25, 0.3) is 5.89 Å². The molecule has 0 unspecified atom stereocenters. The summed E-state index contributed by atoms with van der Waals surface area (Å²) in [4.78, 5) is 4.18. The van der Waals surface area contributed by atoms with Crippen LogP contribution in [0.4, 0.5) is 5.88 Å². The third-order valence-electron chi connectivity index (χ3n) is 3.82. The van der Waals surface area contributed by atoms with Gasteiger partial charge in [0.1, 0.15) is 24.2 Å². The number of nitrogens with zero attached hydrogens (tertiary/aromatic N) is 2. The Kier molecular flexibility index (Phi) is 6.13. The first-order valence-corrected chi connectivity index (χ1v) is 8.62. The minimum Gasteiger partial charge on any atom is -0.486 e. The van der Waals surface area contributed by atoms with E-state index < -0.39 is 0 Å². The van der Waals surface area contributed by atoms with Crippen molar-refractivity contribution in [2.75, 3.05) is 25.6 Å². The molecule has 0 amide bonds. The van der Waals surface area contributed by atoms with Gasteiger partial charge in [-0.15, -0.1) is 0 Å². The Bertz CT molecular complexity index is 906. The Morgan fingerprint density at radius 3 is 2.70 bits per heavy atom. The van der Waals surface area contributed by atoms with E-state index in [1.807, 2.05) is 37.3 Å². The van der Waals surface area contributed by atoms with Crippen molar-refractivity contribution in [3.8, 4) is 23.5 Å². The summed E-state index contributed by atoms with van der Waals surface area (Å²) in [6.07, 6.45) is 0.790. The molecule has 0 atom stereocenters. The molecule has 0 aliphatic heterocycles. The van der Waals surface area contributed by atoms with Crippen LogP contribution >= 0.6 is 0 Å². The van der Waals surface area contributed by atoms with Gasteiger partial charge in [-0.3, -0.25) is 0 Å². The van der Waals surface area contributed by atoms with Crippen LogP contribution in [0, 0.1) is 18.3 Å². The van der Waals surface area contributed by atoms with E-state index in [1.165, 1.54) is 5.56 Å². The average molecular weight is 367 g/mol. The quantitative estimate of drug-likeness (QED) is 0.568. The average Bonchev–Trinajstić information content (AvgIpc) is 3.31. The number of hydrogen-bond donors (Lipinski definition) is 1. The maximum absolute atomic E-state index is 9.23. The van der Waals surface area contributed by atoms with Gasteiger partial charge in [-0.1, -0.05) is 17.7 Å². The van der Waals surface area contributed by atoms with Crippen molar-refractivity contribution in [2.45, 2.75) is 20.0 Å². The molecule has 0 radical (unpaired) electrons. The Balaban J connectivity index is 1.64. The second-order valence-electron chi connectivity index (χ2n) is 5.95. The van der Waals surface area contributed by atoms with E-state index in [2.05, 4.69) is 10.3 Å². The van der Waals surface area contributed by atoms with Crippen LogP contribution in [0.1, 0.15) is 23.4 Å². The monoisotopic (exact) mass is 367 g/mol. The van der Waals surface area contributed by atoms with E-state index in [-0.39, 0.29) is 18.2 Å². The van der Waals surface area contributed by atoms with Crippen LogP contribution in [0.2, 0.25) is 0 Å². The SMILES string of the molecule is COCCCNc1oc(-c2ccc(COc3ccc(C)cc3)o2)nc1C#N. The number of nitrogens with one attached hydrogen (secondary N) is 1. The molecule has 2 heterocycles. The number of ether oxygens (including phenoxy) is 2. The van der Waals surface area contributed by atoms with Gasteiger partial charge in [0.15, 0.2) is 5.76 Å². The number of nitriles is 1. The fourth-order valence-electron chi connectivity index (χ4n) is 2.40. The normalized spacial score (nSPS) is 10.6. The van der Waals surface area contributed by atoms with E-state index in [9.17, 15) is 5.26 Å². The standard InChI is InChI=1S/C20H21N3O4/c1-14-4-6-15(7-5-14)25-13-16-8-9-18(26-16)20-23-17(12-21)19(27-20)22-10-3-11-24-2/h4-9,22H,3,10-11,13H2,1-2H3. The van der Waals surface area contributed by atoms with E-state index >= 15 is 0 Å². The highest BCUT2D eigenvalue weighted by Gasteiger charge is 2.17. The molecular weight excluding hydrogens is 346 g/mol. The minimum absolute atomic E-state index is 0.191. The minimum atomic E-state index is 0.191. The molecule has 1 aromatic carbocycles. The molecule has 3 aromatic rings. The van der Waals surface area contributed by atoms with Crippen molar-refractivity contribution in [2.24, 2.45) is 0 Å². The molecule has 0 fully saturated rings. The van der Waals surface area contributed by atoms with Crippen LogP contribution in [0.5, 0.6) is 5.75 Å². The largest absolute Gasteiger partial charge is 0.486 e. The summed E-state index contributed by atoms with van der Waals surface area (Å²) in [5, 5.41) is 12.3. The summed E-state index contributed by atoms with van der Waals surface area (Å²) in [7, 11) is 1.64. The molecule has 2 aromatic heterocycles. The zero-order chi connectivity index (χ0) is 19.1. The van der Waals surface area contributed by atoms with Crippen LogP contribution < -0.4 is 10.1 Å². The van der Waals surface area contributed by atoms with E-state index in [1.54, 1.807) is 19.2 Å². The lowest BCUT2D eigenvalue weighted by molar-refractivity contribution is 0.197. The Labute approximate surface area is 157 Å². The zero-order valence-electron chi connectivity index (χ0n) is 15.3. The fraction of sp³-hybridized carbons (Fsp3) is 0.300. The Hall–Kier alpha value is -3.24. The number of benzene rings is 1. The maximum atomic E-state index is 9.23. The van der Waals surface area contributed by atoms with E-state index in [0.717, 1.165) is 12.2 Å². The molecule has 3 rings (SSSR count). The van der Waals surface area contributed by atoms with Crippen LogP contribution in [0.3, 0.4) is 0 Å². The molecule has 0 aliphatic rings. The third-order valence-corrected chi connectivity index (χ3v) is 3.82. The molecule has 140 valence electrons. The highest BCUT2D eigenvalue weighted by atomic mass is 16.5. The number of anilines is 1. The van der Waals surface area contributed by atoms with E-state index in [4.69, 9.17) is 18.3 Å². The number of aryl methyl sites for hydroxylation is 1. The second kappa shape index (κ2) is 8.92. The lowest BCUT2D eigenvalue weighted by atomic mass is 10.2. The lowest BCUT2D eigenvalue weighted by Crippen LogP contribution is -2.04. The van der Waals surface area contributed by atoms with Crippen LogP contribution in [-0.4, -0.2) is 25.2 Å². The molecule has 7 nitrogen and oxygen atoms in total. The summed E-state index contributed by atoms with van der Waals surface area (Å²) < 4.78 is 22.1. The molecule has 0 saturated carbocycles. The highest BCUT2D eigenvalue weighted by molar-refractivity contribution is 5.54.